The lowest BCUT2D eigenvalue weighted by Crippen LogP contribution is -2.14. The lowest BCUT2D eigenvalue weighted by Gasteiger charge is -2.06. The van der Waals surface area contributed by atoms with Crippen molar-refractivity contribution in [1.82, 2.24) is 20.3 Å². The number of hydrogen-bond acceptors (Lipinski definition) is 4. The summed E-state index contributed by atoms with van der Waals surface area (Å²) in [5, 5.41) is 3.33. The van der Waals surface area contributed by atoms with Crippen molar-refractivity contribution in [3.63, 3.8) is 0 Å². The molecule has 0 amide bonds. The van der Waals surface area contributed by atoms with Crippen molar-refractivity contribution < 1.29 is 0 Å². The van der Waals surface area contributed by atoms with Gasteiger partial charge < -0.3 is 5.32 Å². The molecule has 2 rings (SSSR count). The van der Waals surface area contributed by atoms with Crippen LogP contribution in [0, 0.1) is 6.92 Å². The van der Waals surface area contributed by atoms with Crippen LogP contribution in [0.15, 0.2) is 37.1 Å². The summed E-state index contributed by atoms with van der Waals surface area (Å²) >= 11 is 0. The monoisotopic (exact) mass is 214 g/mol. The van der Waals surface area contributed by atoms with E-state index in [-0.39, 0.29) is 0 Å². The fourth-order valence-corrected chi connectivity index (χ4v) is 1.45. The third kappa shape index (κ3) is 2.84. The molecule has 0 unspecified atom stereocenters. The molecule has 2 heterocycles. The number of aromatic nitrogens is 3. The van der Waals surface area contributed by atoms with E-state index in [0.717, 1.165) is 18.8 Å². The Labute approximate surface area is 94.8 Å². The maximum absolute atomic E-state index is 4.20. The van der Waals surface area contributed by atoms with Crippen molar-refractivity contribution in [2.24, 2.45) is 0 Å². The highest BCUT2D eigenvalue weighted by Crippen LogP contribution is 2.04. The van der Waals surface area contributed by atoms with Crippen LogP contribution in [0.2, 0.25) is 0 Å². The SMILES string of the molecule is Cc1cnccc1CNCc1cnccn1. The van der Waals surface area contributed by atoms with Gasteiger partial charge >= 0.3 is 0 Å². The Hall–Kier alpha value is -1.81. The summed E-state index contributed by atoms with van der Waals surface area (Å²) < 4.78 is 0. The van der Waals surface area contributed by atoms with E-state index in [0.29, 0.717) is 0 Å². The van der Waals surface area contributed by atoms with Crippen LogP contribution in [0.4, 0.5) is 0 Å². The third-order valence-corrected chi connectivity index (χ3v) is 2.37. The van der Waals surface area contributed by atoms with Gasteiger partial charge in [0.05, 0.1) is 5.69 Å². The van der Waals surface area contributed by atoms with Crippen molar-refractivity contribution in [2.75, 3.05) is 0 Å². The van der Waals surface area contributed by atoms with Crippen LogP contribution in [0.25, 0.3) is 0 Å². The van der Waals surface area contributed by atoms with E-state index in [9.17, 15) is 0 Å². The predicted octanol–water partition coefficient (Wildman–Crippen LogP) is 1.47. The fourth-order valence-electron chi connectivity index (χ4n) is 1.45. The smallest absolute Gasteiger partial charge is 0.0724 e. The molecular formula is C12H14N4. The highest BCUT2D eigenvalue weighted by molar-refractivity contribution is 5.21. The molecule has 0 atom stereocenters. The van der Waals surface area contributed by atoms with E-state index in [4.69, 9.17) is 0 Å². The van der Waals surface area contributed by atoms with Crippen molar-refractivity contribution in [3.8, 4) is 0 Å². The minimum absolute atomic E-state index is 0.732. The van der Waals surface area contributed by atoms with Crippen molar-refractivity contribution in [3.05, 3.63) is 53.9 Å². The Morgan fingerprint density at radius 1 is 1.06 bits per heavy atom. The molecule has 2 aromatic rings. The van der Waals surface area contributed by atoms with Crippen LogP contribution in [0.5, 0.6) is 0 Å². The second-order valence-electron chi connectivity index (χ2n) is 3.60. The van der Waals surface area contributed by atoms with Gasteiger partial charge in [-0.25, -0.2) is 0 Å². The van der Waals surface area contributed by atoms with Gasteiger partial charge in [-0.1, -0.05) is 0 Å². The quantitative estimate of drug-likeness (QED) is 0.837. The summed E-state index contributed by atoms with van der Waals surface area (Å²) in [5.41, 5.74) is 3.42. The molecule has 0 saturated carbocycles. The van der Waals surface area contributed by atoms with Gasteiger partial charge in [0.2, 0.25) is 0 Å². The highest BCUT2D eigenvalue weighted by Gasteiger charge is 1.97. The topological polar surface area (TPSA) is 50.7 Å². The molecule has 16 heavy (non-hydrogen) atoms. The molecule has 0 aliphatic rings. The van der Waals surface area contributed by atoms with Crippen LogP contribution >= 0.6 is 0 Å². The van der Waals surface area contributed by atoms with Crippen LogP contribution in [-0.4, -0.2) is 15.0 Å². The number of hydrogen-bond donors (Lipinski definition) is 1. The van der Waals surface area contributed by atoms with Crippen LogP contribution in [0.1, 0.15) is 16.8 Å². The molecule has 4 heteroatoms. The summed E-state index contributed by atoms with van der Waals surface area (Å²) in [6.07, 6.45) is 8.84. The van der Waals surface area contributed by atoms with Crippen LogP contribution in [0.3, 0.4) is 0 Å². The summed E-state index contributed by atoms with van der Waals surface area (Å²) in [7, 11) is 0. The number of nitrogens with one attached hydrogen (secondary N) is 1. The zero-order valence-corrected chi connectivity index (χ0v) is 9.22. The van der Waals surface area contributed by atoms with E-state index in [2.05, 4.69) is 27.2 Å². The first-order valence-electron chi connectivity index (χ1n) is 5.21. The van der Waals surface area contributed by atoms with Gasteiger partial charge in [-0.15, -0.1) is 0 Å². The first kappa shape index (κ1) is 10.7. The number of pyridine rings is 1. The number of nitrogens with zero attached hydrogens (tertiary/aromatic N) is 3. The van der Waals surface area contributed by atoms with E-state index < -0.39 is 0 Å². The van der Waals surface area contributed by atoms with Crippen LogP contribution < -0.4 is 5.32 Å². The summed E-state index contributed by atoms with van der Waals surface area (Å²) in [6.45, 7) is 3.62. The summed E-state index contributed by atoms with van der Waals surface area (Å²) in [5.74, 6) is 0. The minimum Gasteiger partial charge on any atom is -0.307 e. The van der Waals surface area contributed by atoms with E-state index in [1.807, 2.05) is 18.5 Å². The molecule has 0 radical (unpaired) electrons. The minimum atomic E-state index is 0.732. The van der Waals surface area contributed by atoms with Crippen molar-refractivity contribution >= 4 is 0 Å². The van der Waals surface area contributed by atoms with Crippen molar-refractivity contribution in [2.45, 2.75) is 20.0 Å². The Balaban J connectivity index is 1.87. The molecule has 0 aliphatic heterocycles. The molecule has 0 aliphatic carbocycles. The number of rotatable bonds is 4. The molecule has 1 N–H and O–H groups in total. The Morgan fingerprint density at radius 2 is 1.94 bits per heavy atom. The van der Waals surface area contributed by atoms with Gasteiger partial charge in [-0.2, -0.15) is 0 Å². The van der Waals surface area contributed by atoms with Gasteiger partial charge in [0.15, 0.2) is 0 Å². The molecule has 0 aromatic carbocycles. The maximum atomic E-state index is 4.20. The normalized spacial score (nSPS) is 10.3. The predicted molar refractivity (Wildman–Crippen MR) is 61.5 cm³/mol. The lowest BCUT2D eigenvalue weighted by molar-refractivity contribution is 0.673. The zero-order chi connectivity index (χ0) is 11.2. The third-order valence-electron chi connectivity index (χ3n) is 2.37. The Kier molecular flexibility index (Phi) is 3.56. The molecule has 2 aromatic heterocycles. The molecule has 0 saturated heterocycles. The molecule has 4 nitrogen and oxygen atoms in total. The van der Waals surface area contributed by atoms with Gasteiger partial charge in [0, 0.05) is 44.1 Å². The molecule has 0 bridgehead atoms. The second-order valence-corrected chi connectivity index (χ2v) is 3.60. The highest BCUT2D eigenvalue weighted by atomic mass is 14.9. The van der Waals surface area contributed by atoms with Gasteiger partial charge in [0.1, 0.15) is 0 Å². The second kappa shape index (κ2) is 5.32. The van der Waals surface area contributed by atoms with Gasteiger partial charge in [-0.3, -0.25) is 15.0 Å². The van der Waals surface area contributed by atoms with Crippen LogP contribution in [-0.2, 0) is 13.1 Å². The van der Waals surface area contributed by atoms with E-state index in [1.54, 1.807) is 18.6 Å². The van der Waals surface area contributed by atoms with Gasteiger partial charge in [0.25, 0.3) is 0 Å². The largest absolute Gasteiger partial charge is 0.307 e. The Bertz CT molecular complexity index is 442. The summed E-state index contributed by atoms with van der Waals surface area (Å²) in [6, 6.07) is 2.03. The Morgan fingerprint density at radius 3 is 2.69 bits per heavy atom. The average molecular weight is 214 g/mol. The standard InChI is InChI=1S/C12H14N4/c1-10-6-13-3-2-11(10)7-15-9-12-8-14-4-5-16-12/h2-6,8,15H,7,9H2,1H3. The van der Waals surface area contributed by atoms with Gasteiger partial charge in [-0.05, 0) is 24.1 Å². The molecule has 0 fully saturated rings. The van der Waals surface area contributed by atoms with E-state index >= 15 is 0 Å². The fraction of sp³-hybridized carbons (Fsp3) is 0.250. The average Bonchev–Trinajstić information content (AvgIpc) is 2.33. The lowest BCUT2D eigenvalue weighted by atomic mass is 10.1. The first-order valence-corrected chi connectivity index (χ1v) is 5.21. The molecule has 0 spiro atoms. The first-order chi connectivity index (χ1) is 7.86. The summed E-state index contributed by atoms with van der Waals surface area (Å²) in [4.78, 5) is 12.3. The molecular weight excluding hydrogens is 200 g/mol. The molecule has 82 valence electrons. The maximum Gasteiger partial charge on any atom is 0.0724 e. The number of aryl methyl sites for hydroxylation is 1. The van der Waals surface area contributed by atoms with Crippen molar-refractivity contribution in [1.29, 1.82) is 0 Å². The zero-order valence-electron chi connectivity index (χ0n) is 9.22. The van der Waals surface area contributed by atoms with E-state index in [1.165, 1.54) is 11.1 Å².